The summed E-state index contributed by atoms with van der Waals surface area (Å²) in [7, 11) is 0. The predicted octanol–water partition coefficient (Wildman–Crippen LogP) is -0.136. The number of hydrogen-bond acceptors (Lipinski definition) is 5. The molecule has 52 valence electrons. The first-order valence-electron chi connectivity index (χ1n) is 2.74. The molecule has 0 spiro atoms. The van der Waals surface area contributed by atoms with Crippen LogP contribution in [-0.4, -0.2) is 27.1 Å². The molecule has 6 heteroatoms. The summed E-state index contributed by atoms with van der Waals surface area (Å²) in [6.45, 7) is 0.647. The molecule has 5 nitrogen and oxygen atoms in total. The van der Waals surface area contributed by atoms with E-state index in [2.05, 4.69) is 15.1 Å². The van der Waals surface area contributed by atoms with Gasteiger partial charge in [-0.25, -0.2) is 9.40 Å². The second-order valence-electron chi connectivity index (χ2n) is 1.70. The van der Waals surface area contributed by atoms with Crippen LogP contribution in [0.3, 0.4) is 0 Å². The van der Waals surface area contributed by atoms with Crippen molar-refractivity contribution in [3.8, 4) is 0 Å². The van der Waals surface area contributed by atoms with E-state index in [9.17, 15) is 0 Å². The molecule has 0 amide bonds. The quantitative estimate of drug-likeness (QED) is 0.530. The molecule has 0 radical (unpaired) electrons. The van der Waals surface area contributed by atoms with Crippen molar-refractivity contribution in [2.45, 2.75) is 0 Å². The number of rotatable bonds is 1. The van der Waals surface area contributed by atoms with Gasteiger partial charge in [-0.2, -0.15) is 4.79 Å². The maximum atomic E-state index is 4.00. The van der Waals surface area contributed by atoms with Crippen LogP contribution in [-0.2, 0) is 0 Å². The number of aliphatic imine (C=N–C) groups is 1. The van der Waals surface area contributed by atoms with Gasteiger partial charge in [-0.15, -0.1) is 5.10 Å². The van der Waals surface area contributed by atoms with Crippen molar-refractivity contribution < 1.29 is 0 Å². The van der Waals surface area contributed by atoms with Gasteiger partial charge in [0.2, 0.25) is 0 Å². The average Bonchev–Trinajstić information content (AvgIpc) is 2.59. The summed E-state index contributed by atoms with van der Waals surface area (Å²) in [4.78, 5) is 9.45. The van der Waals surface area contributed by atoms with Gasteiger partial charge >= 0.3 is 0 Å². The molecule has 0 fully saturated rings. The maximum absolute atomic E-state index is 4.00. The molecule has 10 heavy (non-hydrogen) atoms. The first-order chi connectivity index (χ1) is 4.97. The van der Waals surface area contributed by atoms with E-state index in [-0.39, 0.29) is 0 Å². The van der Waals surface area contributed by atoms with Crippen molar-refractivity contribution in [1.82, 2.24) is 14.9 Å². The summed E-state index contributed by atoms with van der Waals surface area (Å²) in [5.41, 5.74) is 1.78. The molecule has 2 rings (SSSR count). The van der Waals surface area contributed by atoms with Gasteiger partial charge in [-0.3, -0.25) is 4.99 Å². The molecule has 1 aliphatic rings. The minimum absolute atomic E-state index is 0.647. The van der Waals surface area contributed by atoms with Crippen molar-refractivity contribution in [3.05, 3.63) is 12.7 Å². The Bertz CT molecular complexity index is 222. The van der Waals surface area contributed by atoms with Gasteiger partial charge < -0.3 is 0 Å². The Hall–Kier alpha value is -1.04. The Morgan fingerprint density at radius 2 is 2.50 bits per heavy atom. The van der Waals surface area contributed by atoms with E-state index in [0.717, 1.165) is 0 Å². The highest BCUT2D eigenvalue weighted by molar-refractivity contribution is 8.13. The summed E-state index contributed by atoms with van der Waals surface area (Å²) in [6, 6.07) is 0. The minimum Gasteiger partial charge on any atom is -0.260 e. The third kappa shape index (κ3) is 0.860. The van der Waals surface area contributed by atoms with Crippen LogP contribution in [0, 0.1) is 0 Å². The summed E-state index contributed by atoms with van der Waals surface area (Å²) in [5, 5.41) is 3.93. The SMILES string of the molecule is C1=NCN(n2cncn2)S1. The first kappa shape index (κ1) is 5.72. The summed E-state index contributed by atoms with van der Waals surface area (Å²) < 4.78 is 1.88. The van der Waals surface area contributed by atoms with E-state index < -0.39 is 0 Å². The largest absolute Gasteiger partial charge is 0.260 e. The Balaban J connectivity index is 2.14. The molecule has 0 aromatic carbocycles. The van der Waals surface area contributed by atoms with Gasteiger partial charge in [-0.05, 0) is 0 Å². The van der Waals surface area contributed by atoms with E-state index in [1.807, 2.05) is 4.41 Å². The predicted molar refractivity (Wildman–Crippen MR) is 39.2 cm³/mol. The van der Waals surface area contributed by atoms with Crippen LogP contribution in [0.4, 0.5) is 0 Å². The fourth-order valence-corrected chi connectivity index (χ4v) is 1.21. The normalized spacial score (nSPS) is 16.6. The lowest BCUT2D eigenvalue weighted by atomic mass is 11.1. The number of nitrogens with zero attached hydrogens (tertiary/aromatic N) is 5. The molecule has 1 aromatic heterocycles. The van der Waals surface area contributed by atoms with Crippen LogP contribution >= 0.6 is 11.9 Å². The second kappa shape index (κ2) is 2.30. The van der Waals surface area contributed by atoms with E-state index in [0.29, 0.717) is 6.67 Å². The zero-order valence-corrected chi connectivity index (χ0v) is 5.90. The van der Waals surface area contributed by atoms with Crippen LogP contribution in [0.2, 0.25) is 0 Å². The van der Waals surface area contributed by atoms with E-state index in [4.69, 9.17) is 0 Å². The highest BCUT2D eigenvalue weighted by Gasteiger charge is 2.07. The van der Waals surface area contributed by atoms with Gasteiger partial charge in [0.15, 0.2) is 0 Å². The van der Waals surface area contributed by atoms with E-state index >= 15 is 0 Å². The molecular weight excluding hydrogens is 150 g/mol. The number of aromatic nitrogens is 3. The zero-order chi connectivity index (χ0) is 6.81. The lowest BCUT2D eigenvalue weighted by Crippen LogP contribution is -2.24. The molecule has 0 atom stereocenters. The molecule has 0 unspecified atom stereocenters. The molecule has 2 heterocycles. The van der Waals surface area contributed by atoms with E-state index in [1.165, 1.54) is 18.3 Å². The van der Waals surface area contributed by atoms with Gasteiger partial charge in [0.05, 0.1) is 5.55 Å². The summed E-state index contributed by atoms with van der Waals surface area (Å²) in [5.74, 6) is 0. The molecule has 0 aliphatic carbocycles. The fraction of sp³-hybridized carbons (Fsp3) is 0.250. The molecular formula is C4H5N5S. The molecule has 1 aliphatic heterocycles. The third-order valence-corrected chi connectivity index (χ3v) is 1.85. The second-order valence-corrected chi connectivity index (χ2v) is 2.55. The topological polar surface area (TPSA) is 46.3 Å². The third-order valence-electron chi connectivity index (χ3n) is 1.08. The molecule has 0 saturated carbocycles. The summed E-state index contributed by atoms with van der Waals surface area (Å²) >= 11 is 1.50. The lowest BCUT2D eigenvalue weighted by Gasteiger charge is -2.11. The monoisotopic (exact) mass is 155 g/mol. The van der Waals surface area contributed by atoms with Gasteiger partial charge in [0, 0.05) is 11.9 Å². The van der Waals surface area contributed by atoms with Crippen molar-refractivity contribution >= 4 is 17.5 Å². The summed E-state index contributed by atoms with van der Waals surface area (Å²) in [6.07, 6.45) is 3.14. The molecule has 0 bridgehead atoms. The standard InChI is InChI=1S/C4H5N5S/c1-5-2-8(7-1)9-3-6-4-10-9/h1-2,4H,3H2. The molecule has 1 aromatic rings. The van der Waals surface area contributed by atoms with Crippen LogP contribution in [0.25, 0.3) is 0 Å². The Labute approximate surface area is 61.9 Å². The highest BCUT2D eigenvalue weighted by atomic mass is 32.2. The maximum Gasteiger partial charge on any atom is 0.139 e. The first-order valence-corrected chi connectivity index (χ1v) is 3.58. The lowest BCUT2D eigenvalue weighted by molar-refractivity contribution is 0.675. The Morgan fingerprint density at radius 3 is 3.10 bits per heavy atom. The van der Waals surface area contributed by atoms with Crippen molar-refractivity contribution in [3.63, 3.8) is 0 Å². The zero-order valence-electron chi connectivity index (χ0n) is 5.08. The molecule has 0 saturated heterocycles. The highest BCUT2D eigenvalue weighted by Crippen LogP contribution is 2.08. The van der Waals surface area contributed by atoms with Gasteiger partial charge in [-0.1, -0.05) is 0 Å². The Morgan fingerprint density at radius 1 is 1.50 bits per heavy atom. The van der Waals surface area contributed by atoms with Gasteiger partial charge in [0.25, 0.3) is 0 Å². The van der Waals surface area contributed by atoms with Crippen LogP contribution < -0.4 is 4.41 Å². The van der Waals surface area contributed by atoms with Crippen LogP contribution in [0.15, 0.2) is 17.6 Å². The average molecular weight is 155 g/mol. The fourth-order valence-electron chi connectivity index (χ4n) is 0.655. The molecule has 0 N–H and O–H groups in total. The van der Waals surface area contributed by atoms with Crippen LogP contribution in [0.1, 0.15) is 0 Å². The minimum atomic E-state index is 0.647. The van der Waals surface area contributed by atoms with Crippen molar-refractivity contribution in [2.75, 3.05) is 11.1 Å². The van der Waals surface area contributed by atoms with Crippen molar-refractivity contribution in [1.29, 1.82) is 0 Å². The van der Waals surface area contributed by atoms with Crippen molar-refractivity contribution in [2.24, 2.45) is 4.99 Å². The van der Waals surface area contributed by atoms with Crippen LogP contribution in [0.5, 0.6) is 0 Å². The smallest absolute Gasteiger partial charge is 0.139 e. The van der Waals surface area contributed by atoms with Gasteiger partial charge in [0.1, 0.15) is 19.3 Å². The van der Waals surface area contributed by atoms with E-state index in [1.54, 1.807) is 16.7 Å². The number of hydrogen-bond donors (Lipinski definition) is 0. The Kier molecular flexibility index (Phi) is 1.31.